The average Bonchev–Trinajstić information content (AvgIpc) is 3.44. The van der Waals surface area contributed by atoms with Crippen molar-refractivity contribution in [2.24, 2.45) is 0 Å². The molecule has 13 nitrogen and oxygen atoms in total. The van der Waals surface area contributed by atoms with Crippen LogP contribution >= 0.6 is 0 Å². The summed E-state index contributed by atoms with van der Waals surface area (Å²) >= 11 is 0. The fourth-order valence-corrected chi connectivity index (χ4v) is 5.16. The van der Waals surface area contributed by atoms with Crippen molar-refractivity contribution in [3.05, 3.63) is 107 Å². The van der Waals surface area contributed by atoms with E-state index in [1.165, 1.54) is 0 Å². The maximum absolute atomic E-state index is 12.4. The maximum Gasteiger partial charge on any atom is 0.411 e. The Balaban J connectivity index is 0.967. The highest BCUT2D eigenvalue weighted by Gasteiger charge is 2.20. The molecular formula is C35H37N7O6. The Labute approximate surface area is 277 Å². The summed E-state index contributed by atoms with van der Waals surface area (Å²) < 4.78 is 5.22. The summed E-state index contributed by atoms with van der Waals surface area (Å²) in [4.78, 5) is 48.5. The Morgan fingerprint density at radius 3 is 2.00 bits per heavy atom. The molecule has 248 valence electrons. The zero-order valence-corrected chi connectivity index (χ0v) is 26.3. The molecule has 7 amide bonds. The Morgan fingerprint density at radius 2 is 1.33 bits per heavy atom. The molecule has 1 aliphatic carbocycles. The number of ether oxygens (including phenoxy) is 1. The van der Waals surface area contributed by atoms with E-state index < -0.39 is 12.1 Å². The summed E-state index contributed by atoms with van der Waals surface area (Å²) in [5.74, 6) is 0. The Kier molecular flexibility index (Phi) is 11.1. The minimum absolute atomic E-state index is 0.108. The van der Waals surface area contributed by atoms with E-state index in [-0.39, 0.29) is 31.8 Å². The predicted molar refractivity (Wildman–Crippen MR) is 184 cm³/mol. The van der Waals surface area contributed by atoms with Gasteiger partial charge in [-0.2, -0.15) is 0 Å². The minimum Gasteiger partial charge on any atom is -0.449 e. The first-order chi connectivity index (χ1) is 23.3. The number of para-hydroxylation sites is 1. The van der Waals surface area contributed by atoms with Gasteiger partial charge in [0.2, 0.25) is 0 Å². The van der Waals surface area contributed by atoms with E-state index in [4.69, 9.17) is 4.74 Å². The number of aliphatic hydroxyl groups is 1. The van der Waals surface area contributed by atoms with Crippen molar-refractivity contribution in [1.82, 2.24) is 16.0 Å². The number of rotatable bonds is 11. The van der Waals surface area contributed by atoms with Crippen molar-refractivity contribution in [2.45, 2.75) is 26.0 Å². The molecule has 0 spiro atoms. The van der Waals surface area contributed by atoms with Crippen molar-refractivity contribution in [2.75, 3.05) is 41.5 Å². The number of benzene rings is 4. The molecule has 0 aliphatic heterocycles. The number of aliphatic hydroxyl groups excluding tert-OH is 1. The molecular weight excluding hydrogens is 614 g/mol. The lowest BCUT2D eigenvalue weighted by molar-refractivity contribution is 0.160. The van der Waals surface area contributed by atoms with Gasteiger partial charge >= 0.3 is 24.2 Å². The predicted octanol–water partition coefficient (Wildman–Crippen LogP) is 5.58. The van der Waals surface area contributed by atoms with Gasteiger partial charge in [-0.25, -0.2) is 19.2 Å². The molecule has 0 atom stereocenters. The van der Waals surface area contributed by atoms with Crippen LogP contribution in [0.3, 0.4) is 0 Å². The number of hydrogen-bond donors (Lipinski definition) is 8. The van der Waals surface area contributed by atoms with Gasteiger partial charge in [-0.3, -0.25) is 5.32 Å². The molecule has 48 heavy (non-hydrogen) atoms. The average molecular weight is 652 g/mol. The molecule has 0 bridgehead atoms. The molecule has 0 fully saturated rings. The van der Waals surface area contributed by atoms with E-state index in [0.717, 1.165) is 27.8 Å². The maximum atomic E-state index is 12.4. The van der Waals surface area contributed by atoms with Crippen molar-refractivity contribution < 1.29 is 29.0 Å². The quantitative estimate of drug-likeness (QED) is 0.0863. The lowest BCUT2D eigenvalue weighted by Gasteiger charge is -2.11. The third-order valence-corrected chi connectivity index (χ3v) is 7.55. The van der Waals surface area contributed by atoms with Gasteiger partial charge in [-0.1, -0.05) is 42.5 Å². The van der Waals surface area contributed by atoms with Crippen LogP contribution in [0, 0.1) is 0 Å². The van der Waals surface area contributed by atoms with Crippen molar-refractivity contribution >= 4 is 46.9 Å². The number of anilines is 4. The molecule has 0 aromatic heterocycles. The number of fused-ring (bicyclic) bond motifs is 3. The van der Waals surface area contributed by atoms with Gasteiger partial charge in [-0.15, -0.1) is 0 Å². The smallest absolute Gasteiger partial charge is 0.411 e. The van der Waals surface area contributed by atoms with E-state index in [9.17, 15) is 24.3 Å². The van der Waals surface area contributed by atoms with Gasteiger partial charge in [0.25, 0.3) is 0 Å². The lowest BCUT2D eigenvalue weighted by atomic mass is 10.1. The number of amides is 7. The number of carbonyl (C=O) groups excluding carboxylic acids is 4. The van der Waals surface area contributed by atoms with Crippen molar-refractivity contribution in [3.63, 3.8) is 0 Å². The van der Waals surface area contributed by atoms with Crippen LogP contribution in [0.1, 0.15) is 28.7 Å². The van der Waals surface area contributed by atoms with Crippen LogP contribution < -0.4 is 37.2 Å². The fraction of sp³-hybridized carbons (Fsp3) is 0.200. The normalized spacial score (nSPS) is 11.0. The van der Waals surface area contributed by atoms with E-state index in [1.54, 1.807) is 55.6 Å². The highest BCUT2D eigenvalue weighted by Crippen LogP contribution is 2.39. The zero-order valence-electron chi connectivity index (χ0n) is 26.3. The summed E-state index contributed by atoms with van der Waals surface area (Å²) in [6, 6.07) is 24.4. The summed E-state index contributed by atoms with van der Waals surface area (Å²) in [6.07, 6.45) is 0.484. The second-order valence-electron chi connectivity index (χ2n) is 10.9. The zero-order chi connectivity index (χ0) is 33.9. The third-order valence-electron chi connectivity index (χ3n) is 7.55. The van der Waals surface area contributed by atoms with Gasteiger partial charge in [0.15, 0.2) is 0 Å². The molecule has 0 saturated heterocycles. The molecule has 0 saturated carbocycles. The van der Waals surface area contributed by atoms with Crippen LogP contribution in [-0.4, -0.2) is 49.5 Å². The SMILES string of the molecule is CNC(=O)Nc1ccc2c(c1)Cc1cc(NC(=O)NCCCOC(=O)Nc3ccc(CNC(=O)Nc4ccccc4CO)cc3)ccc1-2. The minimum atomic E-state index is -0.622. The van der Waals surface area contributed by atoms with E-state index in [0.29, 0.717) is 47.7 Å². The first-order valence-electron chi connectivity index (χ1n) is 15.4. The van der Waals surface area contributed by atoms with Gasteiger partial charge in [-0.05, 0) is 83.1 Å². The molecule has 0 radical (unpaired) electrons. The fourth-order valence-electron chi connectivity index (χ4n) is 5.16. The topological polar surface area (TPSA) is 182 Å². The van der Waals surface area contributed by atoms with Gasteiger partial charge < -0.3 is 41.7 Å². The summed E-state index contributed by atoms with van der Waals surface area (Å²) in [6.45, 7) is 0.493. The van der Waals surface area contributed by atoms with E-state index in [1.807, 2.05) is 36.4 Å². The van der Waals surface area contributed by atoms with Crippen LogP contribution in [0.2, 0.25) is 0 Å². The molecule has 13 heteroatoms. The number of urea groups is 3. The molecule has 0 unspecified atom stereocenters. The van der Waals surface area contributed by atoms with Crippen LogP contribution in [0.5, 0.6) is 0 Å². The second kappa shape index (κ2) is 16.0. The van der Waals surface area contributed by atoms with E-state index >= 15 is 0 Å². The molecule has 8 N–H and O–H groups in total. The summed E-state index contributed by atoms with van der Waals surface area (Å²) in [5, 5.41) is 28.4. The standard InChI is InChI=1S/C35H37N7O6/c1-36-32(44)39-27-11-13-29-24(18-27)17-25-19-28(12-14-30(25)29)40-33(45)37-15-4-16-48-35(47)41-26-9-7-22(8-10-26)20-38-34(46)42-31-6-3-2-5-23(31)21-43/h2-3,5-14,18-19,43H,4,15-17,20-21H2,1H3,(H,41,47)(H2,36,39,44)(H2,37,40,45)(H2,38,42,46). The third kappa shape index (κ3) is 9.01. The second-order valence-corrected chi connectivity index (χ2v) is 10.9. The number of nitrogens with one attached hydrogen (secondary N) is 7. The lowest BCUT2D eigenvalue weighted by Crippen LogP contribution is -2.30. The number of hydrogen-bond acceptors (Lipinski definition) is 6. The molecule has 0 heterocycles. The Bertz CT molecular complexity index is 1790. The van der Waals surface area contributed by atoms with Crippen molar-refractivity contribution in [3.8, 4) is 11.1 Å². The largest absolute Gasteiger partial charge is 0.449 e. The first-order valence-corrected chi connectivity index (χ1v) is 15.4. The highest BCUT2D eigenvalue weighted by atomic mass is 16.5. The molecule has 1 aliphatic rings. The molecule has 5 rings (SSSR count). The van der Waals surface area contributed by atoms with Gasteiger partial charge in [0.1, 0.15) is 0 Å². The Hall–Kier alpha value is -6.08. The van der Waals surface area contributed by atoms with Gasteiger partial charge in [0.05, 0.1) is 13.2 Å². The summed E-state index contributed by atoms with van der Waals surface area (Å²) in [7, 11) is 1.56. The van der Waals surface area contributed by atoms with Crippen LogP contribution in [0.25, 0.3) is 11.1 Å². The molecule has 4 aromatic rings. The van der Waals surface area contributed by atoms with Crippen LogP contribution in [0.4, 0.5) is 41.9 Å². The highest BCUT2D eigenvalue weighted by molar-refractivity contribution is 5.92. The van der Waals surface area contributed by atoms with Crippen LogP contribution in [-0.2, 0) is 24.3 Å². The molecule has 4 aromatic carbocycles. The Morgan fingerprint density at radius 1 is 0.708 bits per heavy atom. The summed E-state index contributed by atoms with van der Waals surface area (Å²) in [5.41, 5.74) is 8.23. The van der Waals surface area contributed by atoms with Crippen LogP contribution in [0.15, 0.2) is 84.9 Å². The monoisotopic (exact) mass is 651 g/mol. The van der Waals surface area contributed by atoms with Crippen molar-refractivity contribution in [1.29, 1.82) is 0 Å². The number of carbonyl (C=O) groups is 4. The van der Waals surface area contributed by atoms with Gasteiger partial charge in [0, 0.05) is 48.5 Å². The first kappa shape index (κ1) is 33.3. The van der Waals surface area contributed by atoms with E-state index in [2.05, 4.69) is 37.2 Å².